The zero-order valence-electron chi connectivity index (χ0n) is 12.4. The molecule has 2 aromatic rings. The van der Waals surface area contributed by atoms with Crippen molar-refractivity contribution in [3.8, 4) is 0 Å². The Kier molecular flexibility index (Phi) is 5.61. The van der Waals surface area contributed by atoms with Crippen LogP contribution in [0.1, 0.15) is 17.3 Å². The summed E-state index contributed by atoms with van der Waals surface area (Å²) in [7, 11) is 1.33. The van der Waals surface area contributed by atoms with Crippen LogP contribution in [0.3, 0.4) is 0 Å². The molecule has 2 rings (SSSR count). The molecule has 0 aliphatic rings. The van der Waals surface area contributed by atoms with Gasteiger partial charge in [-0.2, -0.15) is 0 Å². The van der Waals surface area contributed by atoms with E-state index in [4.69, 9.17) is 0 Å². The van der Waals surface area contributed by atoms with E-state index in [0.717, 1.165) is 4.90 Å². The largest absolute Gasteiger partial charge is 0.465 e. The van der Waals surface area contributed by atoms with Gasteiger partial charge >= 0.3 is 5.97 Å². The van der Waals surface area contributed by atoms with Gasteiger partial charge in [0.25, 0.3) is 0 Å². The smallest absolute Gasteiger partial charge is 0.337 e. The van der Waals surface area contributed by atoms with E-state index in [-0.39, 0.29) is 11.2 Å². The van der Waals surface area contributed by atoms with Gasteiger partial charge in [0.15, 0.2) is 0 Å². The van der Waals surface area contributed by atoms with Crippen molar-refractivity contribution in [2.24, 2.45) is 0 Å². The van der Waals surface area contributed by atoms with Crippen LogP contribution in [-0.2, 0) is 9.53 Å². The third-order valence-electron chi connectivity index (χ3n) is 2.98. The van der Waals surface area contributed by atoms with Crippen molar-refractivity contribution in [3.63, 3.8) is 0 Å². The summed E-state index contributed by atoms with van der Waals surface area (Å²) in [6, 6.07) is 16.4. The summed E-state index contributed by atoms with van der Waals surface area (Å²) in [5, 5.41) is 2.57. The number of nitrogens with one attached hydrogen (secondary N) is 1. The molecule has 114 valence electrons. The Labute approximate surface area is 133 Å². The number of thioether (sulfide) groups is 1. The highest BCUT2D eigenvalue weighted by molar-refractivity contribution is 8.00. The molecule has 0 aliphatic heterocycles. The Morgan fingerprint density at radius 3 is 2.50 bits per heavy atom. The van der Waals surface area contributed by atoms with Gasteiger partial charge in [0.1, 0.15) is 0 Å². The summed E-state index contributed by atoms with van der Waals surface area (Å²) in [6.45, 7) is 1.84. The summed E-state index contributed by atoms with van der Waals surface area (Å²) in [4.78, 5) is 24.7. The fourth-order valence-corrected chi connectivity index (χ4v) is 2.73. The number of hydrogen-bond donors (Lipinski definition) is 1. The number of amides is 1. The molecule has 4 nitrogen and oxygen atoms in total. The highest BCUT2D eigenvalue weighted by Crippen LogP contribution is 2.23. The van der Waals surface area contributed by atoms with Crippen molar-refractivity contribution in [1.29, 1.82) is 0 Å². The van der Waals surface area contributed by atoms with E-state index < -0.39 is 5.97 Å². The molecule has 0 aromatic heterocycles. The molecule has 0 aliphatic carbocycles. The minimum Gasteiger partial charge on any atom is -0.465 e. The SMILES string of the molecule is COC(=O)c1cccc(NC(=O)[C@H](C)Sc2ccccc2)c1. The first-order chi connectivity index (χ1) is 10.6. The van der Waals surface area contributed by atoms with Gasteiger partial charge < -0.3 is 10.1 Å². The second-order valence-electron chi connectivity index (χ2n) is 4.63. The number of benzene rings is 2. The molecule has 1 amide bonds. The van der Waals surface area contributed by atoms with Gasteiger partial charge in [-0.1, -0.05) is 24.3 Å². The fourth-order valence-electron chi connectivity index (χ4n) is 1.84. The molecule has 0 unspecified atom stereocenters. The van der Waals surface area contributed by atoms with Crippen LogP contribution in [0.15, 0.2) is 59.5 Å². The predicted octanol–water partition coefficient (Wildman–Crippen LogP) is 3.59. The number of carbonyl (C=O) groups excluding carboxylic acids is 2. The average Bonchev–Trinajstić information content (AvgIpc) is 2.55. The second-order valence-corrected chi connectivity index (χ2v) is 6.05. The van der Waals surface area contributed by atoms with E-state index >= 15 is 0 Å². The number of ether oxygens (including phenoxy) is 1. The molecule has 1 N–H and O–H groups in total. The topological polar surface area (TPSA) is 55.4 Å². The molecular weight excluding hydrogens is 298 g/mol. The Hall–Kier alpha value is -2.27. The number of carbonyl (C=O) groups is 2. The van der Waals surface area contributed by atoms with Gasteiger partial charge in [0.2, 0.25) is 5.91 Å². The highest BCUT2D eigenvalue weighted by atomic mass is 32.2. The van der Waals surface area contributed by atoms with Gasteiger partial charge in [-0.15, -0.1) is 11.8 Å². The molecule has 0 saturated carbocycles. The van der Waals surface area contributed by atoms with Crippen LogP contribution < -0.4 is 5.32 Å². The van der Waals surface area contributed by atoms with E-state index in [1.165, 1.54) is 18.9 Å². The van der Waals surface area contributed by atoms with Gasteiger partial charge in [0, 0.05) is 10.6 Å². The van der Waals surface area contributed by atoms with E-state index in [0.29, 0.717) is 11.3 Å². The molecule has 0 spiro atoms. The average molecular weight is 315 g/mol. The van der Waals surface area contributed by atoms with Crippen molar-refractivity contribution in [3.05, 3.63) is 60.2 Å². The van der Waals surface area contributed by atoms with Crippen LogP contribution in [0.2, 0.25) is 0 Å². The molecule has 2 aromatic carbocycles. The van der Waals surface area contributed by atoms with E-state index in [2.05, 4.69) is 10.1 Å². The molecule has 5 heteroatoms. The van der Waals surface area contributed by atoms with Crippen LogP contribution in [-0.4, -0.2) is 24.2 Å². The third kappa shape index (κ3) is 4.36. The normalized spacial score (nSPS) is 11.5. The number of methoxy groups -OCH3 is 1. The van der Waals surface area contributed by atoms with Crippen LogP contribution in [0.4, 0.5) is 5.69 Å². The number of hydrogen-bond acceptors (Lipinski definition) is 4. The monoisotopic (exact) mass is 315 g/mol. The zero-order chi connectivity index (χ0) is 15.9. The summed E-state index contributed by atoms with van der Waals surface area (Å²) in [5.74, 6) is -0.543. The Bertz CT molecular complexity index is 658. The maximum Gasteiger partial charge on any atom is 0.337 e. The lowest BCUT2D eigenvalue weighted by Crippen LogP contribution is -2.22. The number of anilines is 1. The van der Waals surface area contributed by atoms with Crippen molar-refractivity contribution in [2.75, 3.05) is 12.4 Å². The first kappa shape index (κ1) is 16.1. The molecule has 1 atom stereocenters. The van der Waals surface area contributed by atoms with E-state index in [1.807, 2.05) is 37.3 Å². The lowest BCUT2D eigenvalue weighted by Gasteiger charge is -2.12. The van der Waals surface area contributed by atoms with Crippen molar-refractivity contribution >= 4 is 29.3 Å². The molecule has 0 bridgehead atoms. The van der Waals surface area contributed by atoms with Crippen molar-refractivity contribution in [2.45, 2.75) is 17.1 Å². The first-order valence-corrected chi connectivity index (χ1v) is 7.69. The van der Waals surface area contributed by atoms with E-state index in [9.17, 15) is 9.59 Å². The molecular formula is C17H17NO3S. The molecule has 0 fully saturated rings. The molecule has 0 heterocycles. The molecule has 0 radical (unpaired) electrons. The third-order valence-corrected chi connectivity index (χ3v) is 4.09. The summed E-state index contributed by atoms with van der Waals surface area (Å²) in [5.41, 5.74) is 0.983. The summed E-state index contributed by atoms with van der Waals surface area (Å²) in [6.07, 6.45) is 0. The standard InChI is InChI=1S/C17H17NO3S/c1-12(22-15-9-4-3-5-10-15)16(19)18-14-8-6-7-13(11-14)17(20)21-2/h3-12H,1-2H3,(H,18,19)/t12-/m0/s1. The maximum atomic E-state index is 12.2. The first-order valence-electron chi connectivity index (χ1n) is 6.81. The lowest BCUT2D eigenvalue weighted by atomic mass is 10.2. The van der Waals surface area contributed by atoms with Gasteiger partial charge in [-0.05, 0) is 37.3 Å². The summed E-state index contributed by atoms with van der Waals surface area (Å²) < 4.78 is 4.67. The quantitative estimate of drug-likeness (QED) is 0.676. The molecule has 22 heavy (non-hydrogen) atoms. The fraction of sp³-hybridized carbons (Fsp3) is 0.176. The Morgan fingerprint density at radius 1 is 1.09 bits per heavy atom. The van der Waals surface area contributed by atoms with Crippen molar-refractivity contribution in [1.82, 2.24) is 0 Å². The Morgan fingerprint density at radius 2 is 1.82 bits per heavy atom. The van der Waals surface area contributed by atoms with E-state index in [1.54, 1.807) is 24.3 Å². The van der Waals surface area contributed by atoms with Crippen LogP contribution in [0, 0.1) is 0 Å². The minimum atomic E-state index is -0.428. The van der Waals surface area contributed by atoms with Gasteiger partial charge in [0.05, 0.1) is 17.9 Å². The van der Waals surface area contributed by atoms with Crippen LogP contribution in [0.25, 0.3) is 0 Å². The minimum absolute atomic E-state index is 0.115. The van der Waals surface area contributed by atoms with Gasteiger partial charge in [-0.25, -0.2) is 4.79 Å². The lowest BCUT2D eigenvalue weighted by molar-refractivity contribution is -0.115. The Balaban J connectivity index is 2.01. The predicted molar refractivity (Wildman–Crippen MR) is 88.2 cm³/mol. The summed E-state index contributed by atoms with van der Waals surface area (Å²) >= 11 is 1.48. The number of rotatable bonds is 5. The van der Waals surface area contributed by atoms with Crippen molar-refractivity contribution < 1.29 is 14.3 Å². The molecule has 0 saturated heterocycles. The highest BCUT2D eigenvalue weighted by Gasteiger charge is 2.15. The second kappa shape index (κ2) is 7.66. The van der Waals surface area contributed by atoms with Crippen LogP contribution >= 0.6 is 11.8 Å². The van der Waals surface area contributed by atoms with Gasteiger partial charge in [-0.3, -0.25) is 4.79 Å². The van der Waals surface area contributed by atoms with Crippen LogP contribution in [0.5, 0.6) is 0 Å². The maximum absolute atomic E-state index is 12.2. The zero-order valence-corrected chi connectivity index (χ0v) is 13.2. The number of esters is 1.